The molecule has 0 bridgehead atoms. The number of hydrogen-bond donors (Lipinski definition) is 3. The number of nitrogens with zero attached hydrogens (tertiary/aromatic N) is 2. The van der Waals surface area contributed by atoms with Crippen LogP contribution in [0.4, 0.5) is 5.69 Å². The quantitative estimate of drug-likeness (QED) is 0.638. The van der Waals surface area contributed by atoms with Crippen molar-refractivity contribution in [3.8, 4) is 0 Å². The van der Waals surface area contributed by atoms with Crippen LogP contribution >= 0.6 is 0 Å². The summed E-state index contributed by atoms with van der Waals surface area (Å²) >= 11 is 0. The van der Waals surface area contributed by atoms with Crippen LogP contribution in [0.1, 0.15) is 0 Å². The number of hydrazine groups is 2. The van der Waals surface area contributed by atoms with Crippen LogP contribution in [-0.4, -0.2) is 11.1 Å². The average Bonchev–Trinajstić information content (AvgIpc) is 2.19. The third kappa shape index (κ3) is 1.95. The molecule has 5 heteroatoms. The number of amidine groups is 1. The van der Waals surface area contributed by atoms with Gasteiger partial charge in [0.1, 0.15) is 5.84 Å². The maximum absolute atomic E-state index is 5.52. The first-order valence-electron chi connectivity index (χ1n) is 4.23. The fourth-order valence-corrected chi connectivity index (χ4v) is 1.06. The second-order valence-electron chi connectivity index (χ2n) is 2.78. The normalized spacial score (nSPS) is 14.6. The Morgan fingerprint density at radius 2 is 2.07 bits per heavy atom. The molecule has 0 saturated carbocycles. The van der Waals surface area contributed by atoms with E-state index in [4.69, 9.17) is 5.73 Å². The van der Waals surface area contributed by atoms with E-state index >= 15 is 0 Å². The van der Waals surface area contributed by atoms with Crippen LogP contribution in [0.2, 0.25) is 0 Å². The molecular formula is C9H11N5. The molecule has 0 spiro atoms. The smallest absolute Gasteiger partial charge is 0.149 e. The van der Waals surface area contributed by atoms with Gasteiger partial charge in [0.2, 0.25) is 0 Å². The molecule has 0 saturated heterocycles. The van der Waals surface area contributed by atoms with Crippen molar-refractivity contribution in [2.45, 2.75) is 0 Å². The van der Waals surface area contributed by atoms with E-state index in [-0.39, 0.29) is 0 Å². The summed E-state index contributed by atoms with van der Waals surface area (Å²) in [6.45, 7) is 0. The van der Waals surface area contributed by atoms with E-state index in [0.29, 0.717) is 5.84 Å². The third-order valence-corrected chi connectivity index (χ3v) is 1.68. The second kappa shape index (κ2) is 3.69. The molecule has 0 unspecified atom stereocenters. The zero-order chi connectivity index (χ0) is 9.80. The van der Waals surface area contributed by atoms with Gasteiger partial charge in [-0.05, 0) is 18.2 Å². The molecule has 0 aromatic heterocycles. The minimum absolute atomic E-state index is 0.451. The first-order valence-corrected chi connectivity index (χ1v) is 4.23. The van der Waals surface area contributed by atoms with Gasteiger partial charge in [-0.25, -0.2) is 0 Å². The van der Waals surface area contributed by atoms with E-state index in [2.05, 4.69) is 16.0 Å². The lowest BCUT2D eigenvalue weighted by molar-refractivity contribution is 0.283. The predicted octanol–water partition coefficient (Wildman–Crippen LogP) is 0.620. The lowest BCUT2D eigenvalue weighted by Gasteiger charge is -2.22. The van der Waals surface area contributed by atoms with Crippen LogP contribution in [0.3, 0.4) is 0 Å². The molecule has 1 heterocycles. The van der Waals surface area contributed by atoms with Gasteiger partial charge in [0.15, 0.2) is 0 Å². The Morgan fingerprint density at radius 1 is 1.29 bits per heavy atom. The molecule has 0 aliphatic carbocycles. The Bertz CT molecular complexity index is 357. The number of rotatable bonds is 2. The molecule has 0 fully saturated rings. The highest BCUT2D eigenvalue weighted by molar-refractivity contribution is 5.91. The van der Waals surface area contributed by atoms with Crippen LogP contribution in [0, 0.1) is 0 Å². The molecule has 1 aromatic rings. The van der Waals surface area contributed by atoms with Gasteiger partial charge in [0.25, 0.3) is 0 Å². The number of benzene rings is 1. The summed E-state index contributed by atoms with van der Waals surface area (Å²) in [5.41, 5.74) is 12.3. The van der Waals surface area contributed by atoms with E-state index < -0.39 is 0 Å². The number of para-hydroxylation sites is 1. The molecular weight excluding hydrogens is 178 g/mol. The summed E-state index contributed by atoms with van der Waals surface area (Å²) in [5.74, 6) is 0.451. The number of hydrazone groups is 1. The summed E-state index contributed by atoms with van der Waals surface area (Å²) in [6.07, 6.45) is 3.39. The van der Waals surface area contributed by atoms with E-state index in [9.17, 15) is 0 Å². The minimum Gasteiger partial charge on any atom is -0.382 e. The topological polar surface area (TPSA) is 65.7 Å². The van der Waals surface area contributed by atoms with Crippen molar-refractivity contribution >= 4 is 11.5 Å². The Labute approximate surface area is 81.8 Å². The molecule has 72 valence electrons. The Morgan fingerprint density at radius 3 is 2.79 bits per heavy atom. The Kier molecular flexibility index (Phi) is 2.22. The molecule has 0 atom stereocenters. The van der Waals surface area contributed by atoms with Crippen molar-refractivity contribution in [2.24, 2.45) is 10.8 Å². The SMILES string of the molecule is NC1=NN(Nc2ccccc2)NC=C1. The van der Waals surface area contributed by atoms with Crippen molar-refractivity contribution in [3.63, 3.8) is 0 Å². The first kappa shape index (κ1) is 8.43. The van der Waals surface area contributed by atoms with Crippen LogP contribution < -0.4 is 16.6 Å². The fraction of sp³-hybridized carbons (Fsp3) is 0. The molecule has 1 aliphatic rings. The number of nitrogens with one attached hydrogen (secondary N) is 2. The van der Waals surface area contributed by atoms with E-state index in [1.807, 2.05) is 30.3 Å². The van der Waals surface area contributed by atoms with Crippen molar-refractivity contribution in [1.29, 1.82) is 0 Å². The fourth-order valence-electron chi connectivity index (χ4n) is 1.06. The molecule has 5 nitrogen and oxygen atoms in total. The van der Waals surface area contributed by atoms with E-state index in [0.717, 1.165) is 5.69 Å². The van der Waals surface area contributed by atoms with Crippen LogP contribution in [-0.2, 0) is 0 Å². The van der Waals surface area contributed by atoms with Crippen molar-refractivity contribution in [1.82, 2.24) is 10.7 Å². The maximum Gasteiger partial charge on any atom is 0.149 e. The lowest BCUT2D eigenvalue weighted by Crippen LogP contribution is -2.39. The standard InChI is InChI=1S/C9H11N5/c10-9-6-7-11-14(13-9)12-8-4-2-1-3-5-8/h1-7,11-12H,(H2,10,13). The molecule has 0 radical (unpaired) electrons. The Balaban J connectivity index is 2.03. The van der Waals surface area contributed by atoms with Crippen LogP contribution in [0.5, 0.6) is 0 Å². The van der Waals surface area contributed by atoms with Gasteiger partial charge in [0.05, 0.1) is 5.69 Å². The molecule has 1 aromatic carbocycles. The van der Waals surface area contributed by atoms with Crippen LogP contribution in [0.15, 0.2) is 47.7 Å². The number of nitrogens with two attached hydrogens (primary N) is 1. The molecule has 14 heavy (non-hydrogen) atoms. The Hall–Kier alpha value is -2.17. The lowest BCUT2D eigenvalue weighted by atomic mass is 10.3. The predicted molar refractivity (Wildman–Crippen MR) is 55.8 cm³/mol. The minimum atomic E-state index is 0.451. The van der Waals surface area contributed by atoms with Gasteiger partial charge in [-0.1, -0.05) is 18.2 Å². The summed E-state index contributed by atoms with van der Waals surface area (Å²) < 4.78 is 0. The first-order chi connectivity index (χ1) is 6.84. The highest BCUT2D eigenvalue weighted by atomic mass is 15.9. The van der Waals surface area contributed by atoms with Crippen molar-refractivity contribution < 1.29 is 0 Å². The zero-order valence-corrected chi connectivity index (χ0v) is 7.51. The summed E-state index contributed by atoms with van der Waals surface area (Å²) in [7, 11) is 0. The maximum atomic E-state index is 5.52. The van der Waals surface area contributed by atoms with Gasteiger partial charge >= 0.3 is 0 Å². The van der Waals surface area contributed by atoms with E-state index in [1.165, 1.54) is 5.23 Å². The monoisotopic (exact) mass is 189 g/mol. The van der Waals surface area contributed by atoms with Crippen molar-refractivity contribution in [3.05, 3.63) is 42.6 Å². The number of hydrogen-bond acceptors (Lipinski definition) is 5. The summed E-state index contributed by atoms with van der Waals surface area (Å²) in [6, 6.07) is 9.70. The average molecular weight is 189 g/mol. The molecule has 1 aliphatic heterocycles. The largest absolute Gasteiger partial charge is 0.382 e. The molecule has 4 N–H and O–H groups in total. The molecule has 0 amide bonds. The summed E-state index contributed by atoms with van der Waals surface area (Å²) in [5, 5.41) is 5.45. The number of anilines is 1. The zero-order valence-electron chi connectivity index (χ0n) is 7.51. The van der Waals surface area contributed by atoms with E-state index in [1.54, 1.807) is 12.3 Å². The second-order valence-corrected chi connectivity index (χ2v) is 2.78. The van der Waals surface area contributed by atoms with Crippen LogP contribution in [0.25, 0.3) is 0 Å². The van der Waals surface area contributed by atoms with Crippen molar-refractivity contribution in [2.75, 3.05) is 5.43 Å². The van der Waals surface area contributed by atoms with Gasteiger partial charge in [-0.3, -0.25) is 10.9 Å². The third-order valence-electron chi connectivity index (χ3n) is 1.68. The van der Waals surface area contributed by atoms with Gasteiger partial charge < -0.3 is 5.73 Å². The van der Waals surface area contributed by atoms with Gasteiger partial charge in [-0.15, -0.1) is 10.3 Å². The summed E-state index contributed by atoms with van der Waals surface area (Å²) in [4.78, 5) is 0. The molecule has 2 rings (SSSR count). The highest BCUT2D eigenvalue weighted by Crippen LogP contribution is 2.06. The highest BCUT2D eigenvalue weighted by Gasteiger charge is 2.02. The van der Waals surface area contributed by atoms with Gasteiger partial charge in [0, 0.05) is 6.20 Å². The van der Waals surface area contributed by atoms with Gasteiger partial charge in [-0.2, -0.15) is 0 Å².